The van der Waals surface area contributed by atoms with E-state index in [1.165, 1.54) is 34.0 Å². The molecule has 2 amide bonds. The van der Waals surface area contributed by atoms with Gasteiger partial charge in [-0.25, -0.2) is 4.98 Å². The van der Waals surface area contributed by atoms with Crippen LogP contribution in [0.25, 0.3) is 0 Å². The first-order chi connectivity index (χ1) is 10.6. The van der Waals surface area contributed by atoms with E-state index >= 15 is 0 Å². The van der Waals surface area contributed by atoms with Crippen molar-refractivity contribution < 1.29 is 9.59 Å². The molecule has 0 fully saturated rings. The maximum absolute atomic E-state index is 12.3. The maximum Gasteiger partial charge on any atom is 0.275 e. The topological polar surface area (TPSA) is 85.1 Å². The molecule has 0 radical (unpaired) electrons. The van der Waals surface area contributed by atoms with Gasteiger partial charge in [-0.05, 0) is 38.2 Å². The highest BCUT2D eigenvalue weighted by atomic mass is 32.1. The maximum atomic E-state index is 12.3. The van der Waals surface area contributed by atoms with Crippen LogP contribution in [0.3, 0.4) is 0 Å². The number of hydrogen-bond donors (Lipinski definition) is 2. The highest BCUT2D eigenvalue weighted by molar-refractivity contribution is 7.17. The van der Waals surface area contributed by atoms with Crippen LogP contribution in [0.4, 0.5) is 5.00 Å². The molecule has 2 aromatic rings. The fourth-order valence-corrected chi connectivity index (χ4v) is 4.61. The molecule has 116 valence electrons. The fraction of sp³-hybridized carbons (Fsp3) is 0.400. The van der Waals surface area contributed by atoms with E-state index in [1.807, 2.05) is 6.92 Å². The lowest BCUT2D eigenvalue weighted by atomic mass is 10.1. The number of nitrogens with zero attached hydrogens (tertiary/aromatic N) is 1. The summed E-state index contributed by atoms with van der Waals surface area (Å²) in [7, 11) is 0. The first kappa shape index (κ1) is 15.2. The third-order valence-corrected chi connectivity index (χ3v) is 5.73. The number of nitrogens with two attached hydrogens (primary N) is 1. The second kappa shape index (κ2) is 6.18. The number of hydrogen-bond acceptors (Lipinski definition) is 5. The summed E-state index contributed by atoms with van der Waals surface area (Å²) in [5, 5.41) is 5.94. The molecule has 0 bridgehead atoms. The average Bonchev–Trinajstić information content (AvgIpc) is 2.96. The second-order valence-corrected chi connectivity index (χ2v) is 7.51. The molecule has 0 atom stereocenters. The average molecular weight is 335 g/mol. The Balaban J connectivity index is 1.93. The molecule has 0 unspecified atom stereocenters. The van der Waals surface area contributed by atoms with Crippen LogP contribution in [0.15, 0.2) is 5.38 Å². The quantitative estimate of drug-likeness (QED) is 0.845. The lowest BCUT2D eigenvalue weighted by Crippen LogP contribution is -2.18. The first-order valence-electron chi connectivity index (χ1n) is 7.24. The summed E-state index contributed by atoms with van der Waals surface area (Å²) in [5.41, 5.74) is 7.45. The third kappa shape index (κ3) is 2.91. The Labute approximate surface area is 136 Å². The summed E-state index contributed by atoms with van der Waals surface area (Å²) < 4.78 is 0. The Morgan fingerprint density at radius 1 is 1.27 bits per heavy atom. The Morgan fingerprint density at radius 2 is 2.05 bits per heavy atom. The fourth-order valence-electron chi connectivity index (χ4n) is 2.73. The van der Waals surface area contributed by atoms with Crippen LogP contribution < -0.4 is 11.1 Å². The summed E-state index contributed by atoms with van der Waals surface area (Å²) in [4.78, 5) is 29.5. The van der Waals surface area contributed by atoms with E-state index in [1.54, 1.807) is 5.38 Å². The summed E-state index contributed by atoms with van der Waals surface area (Å²) in [6, 6.07) is 0. The largest absolute Gasteiger partial charge is 0.365 e. The number of thiazole rings is 1. The van der Waals surface area contributed by atoms with Gasteiger partial charge in [-0.1, -0.05) is 6.42 Å². The zero-order valence-corrected chi connectivity index (χ0v) is 13.9. The number of anilines is 1. The van der Waals surface area contributed by atoms with Gasteiger partial charge in [0, 0.05) is 10.3 Å². The van der Waals surface area contributed by atoms with Gasteiger partial charge < -0.3 is 11.1 Å². The smallest absolute Gasteiger partial charge is 0.275 e. The van der Waals surface area contributed by atoms with Gasteiger partial charge in [0.25, 0.3) is 11.8 Å². The molecular weight excluding hydrogens is 318 g/mol. The van der Waals surface area contributed by atoms with Crippen LogP contribution >= 0.6 is 22.7 Å². The van der Waals surface area contributed by atoms with Crippen LogP contribution in [0.2, 0.25) is 0 Å². The molecule has 2 aromatic heterocycles. The van der Waals surface area contributed by atoms with Gasteiger partial charge in [0.15, 0.2) is 0 Å². The van der Waals surface area contributed by atoms with E-state index < -0.39 is 5.91 Å². The zero-order valence-electron chi connectivity index (χ0n) is 12.3. The van der Waals surface area contributed by atoms with Crippen LogP contribution in [0, 0.1) is 6.92 Å². The Hall–Kier alpha value is -1.73. The molecule has 0 aliphatic heterocycles. The number of aryl methyl sites for hydroxylation is 2. The van der Waals surface area contributed by atoms with Crippen molar-refractivity contribution in [2.75, 3.05) is 5.32 Å². The van der Waals surface area contributed by atoms with Crippen LogP contribution in [0.1, 0.15) is 55.6 Å². The molecule has 3 rings (SSSR count). The molecule has 0 saturated carbocycles. The predicted molar refractivity (Wildman–Crippen MR) is 88.9 cm³/mol. The van der Waals surface area contributed by atoms with Gasteiger partial charge in [-0.2, -0.15) is 0 Å². The predicted octanol–water partition coefficient (Wildman–Crippen LogP) is 3.13. The highest BCUT2D eigenvalue weighted by Gasteiger charge is 2.24. The van der Waals surface area contributed by atoms with Crippen molar-refractivity contribution in [1.29, 1.82) is 0 Å². The van der Waals surface area contributed by atoms with Gasteiger partial charge in [0.05, 0.1) is 10.6 Å². The Morgan fingerprint density at radius 3 is 2.73 bits per heavy atom. The number of rotatable bonds is 3. The van der Waals surface area contributed by atoms with Crippen molar-refractivity contribution in [1.82, 2.24) is 4.98 Å². The molecular formula is C15H17N3O2S2. The lowest BCUT2D eigenvalue weighted by Gasteiger charge is -2.05. The van der Waals surface area contributed by atoms with E-state index in [-0.39, 0.29) is 5.91 Å². The van der Waals surface area contributed by atoms with Gasteiger partial charge in [0.2, 0.25) is 0 Å². The molecule has 2 heterocycles. The number of aromatic nitrogens is 1. The van der Waals surface area contributed by atoms with Crippen molar-refractivity contribution in [3.05, 3.63) is 32.1 Å². The van der Waals surface area contributed by atoms with Gasteiger partial charge in [-0.15, -0.1) is 22.7 Å². The molecule has 0 aromatic carbocycles. The van der Waals surface area contributed by atoms with Crippen LogP contribution in [0.5, 0.6) is 0 Å². The van der Waals surface area contributed by atoms with Crippen molar-refractivity contribution >= 4 is 39.5 Å². The summed E-state index contributed by atoms with van der Waals surface area (Å²) in [5.74, 6) is -0.757. The Kier molecular flexibility index (Phi) is 4.26. The first-order valence-corrected chi connectivity index (χ1v) is 8.93. The van der Waals surface area contributed by atoms with Gasteiger partial charge >= 0.3 is 0 Å². The van der Waals surface area contributed by atoms with E-state index in [2.05, 4.69) is 10.3 Å². The van der Waals surface area contributed by atoms with Crippen LogP contribution in [-0.2, 0) is 12.8 Å². The van der Waals surface area contributed by atoms with E-state index in [9.17, 15) is 9.59 Å². The zero-order chi connectivity index (χ0) is 15.7. The number of carbonyl (C=O) groups excluding carboxylic acids is 2. The number of carbonyl (C=O) groups is 2. The molecule has 1 aliphatic rings. The second-order valence-electron chi connectivity index (χ2n) is 5.34. The van der Waals surface area contributed by atoms with Crippen molar-refractivity contribution in [3.63, 3.8) is 0 Å². The van der Waals surface area contributed by atoms with Gasteiger partial charge in [-0.3, -0.25) is 9.59 Å². The number of primary amides is 1. The normalized spacial score (nSPS) is 14.2. The highest BCUT2D eigenvalue weighted by Crippen LogP contribution is 2.37. The van der Waals surface area contributed by atoms with Gasteiger partial charge in [0.1, 0.15) is 10.7 Å². The molecule has 0 saturated heterocycles. The minimum atomic E-state index is -0.468. The summed E-state index contributed by atoms with van der Waals surface area (Å²) in [6.45, 7) is 1.85. The van der Waals surface area contributed by atoms with E-state index in [4.69, 9.17) is 5.73 Å². The van der Waals surface area contributed by atoms with Crippen molar-refractivity contribution in [2.24, 2.45) is 5.73 Å². The van der Waals surface area contributed by atoms with E-state index in [0.717, 1.165) is 36.3 Å². The molecule has 7 heteroatoms. The van der Waals surface area contributed by atoms with Crippen LogP contribution in [-0.4, -0.2) is 16.8 Å². The molecule has 1 aliphatic carbocycles. The van der Waals surface area contributed by atoms with Crippen molar-refractivity contribution in [3.8, 4) is 0 Å². The van der Waals surface area contributed by atoms with E-state index in [0.29, 0.717) is 16.3 Å². The minimum Gasteiger partial charge on any atom is -0.365 e. The number of nitrogens with one attached hydrogen (secondary N) is 1. The number of thiophene rings is 1. The lowest BCUT2D eigenvalue weighted by molar-refractivity contribution is 0.100. The number of amides is 2. The molecule has 3 N–H and O–H groups in total. The standard InChI is InChI=1S/C15H17N3O2S2/c1-8-17-10(7-21-8)14(20)18-15-12(13(16)19)9-5-3-2-4-6-11(9)22-15/h7H,2-6H2,1H3,(H2,16,19)(H,18,20). The van der Waals surface area contributed by atoms with Crippen molar-refractivity contribution in [2.45, 2.75) is 39.0 Å². The summed E-state index contributed by atoms with van der Waals surface area (Å²) in [6.07, 6.45) is 5.15. The number of fused-ring (bicyclic) bond motifs is 1. The molecule has 22 heavy (non-hydrogen) atoms. The molecule has 0 spiro atoms. The minimum absolute atomic E-state index is 0.289. The Bertz CT molecular complexity index is 733. The summed E-state index contributed by atoms with van der Waals surface area (Å²) >= 11 is 2.90. The molecule has 5 nitrogen and oxygen atoms in total. The monoisotopic (exact) mass is 335 g/mol. The SMILES string of the molecule is Cc1nc(C(=O)Nc2sc3c(c2C(N)=O)CCCCC3)cs1. The third-order valence-electron chi connectivity index (χ3n) is 3.75.